The van der Waals surface area contributed by atoms with Crippen LogP contribution < -0.4 is 9.64 Å². The molecule has 2 atom stereocenters. The maximum absolute atomic E-state index is 12.9. The highest BCUT2D eigenvalue weighted by Gasteiger charge is 2.35. The van der Waals surface area contributed by atoms with Crippen molar-refractivity contribution in [2.75, 3.05) is 18.1 Å². The number of ether oxygens (including phenoxy) is 1. The summed E-state index contributed by atoms with van der Waals surface area (Å²) in [5.74, 6) is 1.62. The summed E-state index contributed by atoms with van der Waals surface area (Å²) in [6.07, 6.45) is -0.324. The molecule has 5 rings (SSSR count). The molecule has 0 spiro atoms. The molecule has 1 amide bonds. The first-order valence-electron chi connectivity index (χ1n) is 11.7. The Morgan fingerprint density at radius 2 is 1.82 bits per heavy atom. The van der Waals surface area contributed by atoms with Gasteiger partial charge in [-0.15, -0.1) is 0 Å². The molecule has 174 valence electrons. The Hall–Kier alpha value is -3.64. The fraction of sp³-hybridized carbons (Fsp3) is 0.286. The van der Waals surface area contributed by atoms with Gasteiger partial charge in [0, 0.05) is 24.6 Å². The SMILES string of the molecule is Cc1ccc(N2CC(c3nc4ccccc4n3CC(O)COc3cccc(C)c3)CC2=O)cc1. The summed E-state index contributed by atoms with van der Waals surface area (Å²) in [6.45, 7) is 5.14. The Bertz CT molecular complexity index is 1310. The molecule has 1 aromatic heterocycles. The van der Waals surface area contributed by atoms with Gasteiger partial charge in [0.25, 0.3) is 0 Å². The van der Waals surface area contributed by atoms with Crippen LogP contribution >= 0.6 is 0 Å². The van der Waals surface area contributed by atoms with Gasteiger partial charge in [-0.25, -0.2) is 4.98 Å². The van der Waals surface area contributed by atoms with Gasteiger partial charge in [0.2, 0.25) is 5.91 Å². The average Bonchev–Trinajstić information content (AvgIpc) is 3.39. The predicted octanol–water partition coefficient (Wildman–Crippen LogP) is 4.61. The second-order valence-corrected chi connectivity index (χ2v) is 9.09. The van der Waals surface area contributed by atoms with Crippen molar-refractivity contribution in [3.63, 3.8) is 0 Å². The van der Waals surface area contributed by atoms with E-state index in [1.807, 2.05) is 91.5 Å². The van der Waals surface area contributed by atoms with Crippen molar-refractivity contribution < 1.29 is 14.6 Å². The van der Waals surface area contributed by atoms with E-state index < -0.39 is 6.10 Å². The second-order valence-electron chi connectivity index (χ2n) is 9.09. The number of aryl methyl sites for hydroxylation is 2. The number of carbonyl (C=O) groups is 1. The van der Waals surface area contributed by atoms with E-state index in [9.17, 15) is 9.90 Å². The summed E-state index contributed by atoms with van der Waals surface area (Å²) in [4.78, 5) is 19.6. The van der Waals surface area contributed by atoms with E-state index >= 15 is 0 Å². The number of aromatic nitrogens is 2. The molecule has 34 heavy (non-hydrogen) atoms. The Morgan fingerprint density at radius 1 is 1.03 bits per heavy atom. The Kier molecular flexibility index (Phi) is 6.07. The number of carbonyl (C=O) groups excluding carboxylic acids is 1. The Balaban J connectivity index is 1.38. The molecular formula is C28H29N3O3. The van der Waals surface area contributed by atoms with Crippen molar-refractivity contribution in [3.05, 3.63) is 89.7 Å². The van der Waals surface area contributed by atoms with Gasteiger partial charge in [0.15, 0.2) is 0 Å². The summed E-state index contributed by atoms with van der Waals surface area (Å²) in [7, 11) is 0. The Labute approximate surface area is 199 Å². The summed E-state index contributed by atoms with van der Waals surface area (Å²) < 4.78 is 7.88. The fourth-order valence-electron chi connectivity index (χ4n) is 4.61. The third kappa shape index (κ3) is 4.54. The zero-order valence-electron chi connectivity index (χ0n) is 19.5. The first-order valence-corrected chi connectivity index (χ1v) is 11.7. The molecule has 1 aliphatic heterocycles. The van der Waals surface area contributed by atoms with Crippen molar-refractivity contribution in [1.29, 1.82) is 0 Å². The lowest BCUT2D eigenvalue weighted by atomic mass is 10.1. The predicted molar refractivity (Wildman–Crippen MR) is 133 cm³/mol. The second kappa shape index (κ2) is 9.31. The van der Waals surface area contributed by atoms with Crippen LogP contribution in [0, 0.1) is 13.8 Å². The van der Waals surface area contributed by atoms with Gasteiger partial charge >= 0.3 is 0 Å². The molecule has 0 aliphatic carbocycles. The molecule has 2 unspecified atom stereocenters. The van der Waals surface area contributed by atoms with Crippen LogP contribution in [0.1, 0.15) is 29.3 Å². The third-order valence-electron chi connectivity index (χ3n) is 6.35. The lowest BCUT2D eigenvalue weighted by Crippen LogP contribution is -2.26. The number of imidazole rings is 1. The Morgan fingerprint density at radius 3 is 2.62 bits per heavy atom. The lowest BCUT2D eigenvalue weighted by Gasteiger charge is -2.19. The molecule has 0 radical (unpaired) electrons. The number of hydrogen-bond acceptors (Lipinski definition) is 4. The number of amides is 1. The number of benzene rings is 3. The molecule has 1 saturated heterocycles. The highest BCUT2D eigenvalue weighted by Crippen LogP contribution is 2.33. The zero-order valence-corrected chi connectivity index (χ0v) is 19.5. The van der Waals surface area contributed by atoms with Gasteiger partial charge in [-0.1, -0.05) is 42.0 Å². The van der Waals surface area contributed by atoms with Crippen LogP contribution in [0.2, 0.25) is 0 Å². The topological polar surface area (TPSA) is 67.6 Å². The van der Waals surface area contributed by atoms with Gasteiger partial charge < -0.3 is 19.3 Å². The van der Waals surface area contributed by atoms with Gasteiger partial charge in [-0.05, 0) is 55.8 Å². The van der Waals surface area contributed by atoms with Gasteiger partial charge in [0.05, 0.1) is 17.6 Å². The largest absolute Gasteiger partial charge is 0.491 e. The van der Waals surface area contributed by atoms with E-state index in [-0.39, 0.29) is 18.4 Å². The van der Waals surface area contributed by atoms with Crippen molar-refractivity contribution in [2.24, 2.45) is 0 Å². The minimum atomic E-state index is -0.720. The van der Waals surface area contributed by atoms with E-state index in [2.05, 4.69) is 4.57 Å². The van der Waals surface area contributed by atoms with Crippen LogP contribution in [0.15, 0.2) is 72.8 Å². The lowest BCUT2D eigenvalue weighted by molar-refractivity contribution is -0.117. The van der Waals surface area contributed by atoms with Gasteiger partial charge in [-0.2, -0.15) is 0 Å². The molecule has 2 heterocycles. The van der Waals surface area contributed by atoms with Crippen LogP contribution in [0.5, 0.6) is 5.75 Å². The normalized spacial score (nSPS) is 16.9. The minimum Gasteiger partial charge on any atom is -0.491 e. The maximum Gasteiger partial charge on any atom is 0.227 e. The summed E-state index contributed by atoms with van der Waals surface area (Å²) in [5.41, 5.74) is 5.00. The highest BCUT2D eigenvalue weighted by atomic mass is 16.5. The molecule has 3 aromatic carbocycles. The molecule has 6 nitrogen and oxygen atoms in total. The monoisotopic (exact) mass is 455 g/mol. The average molecular weight is 456 g/mol. The van der Waals surface area contributed by atoms with Crippen LogP contribution in [0.25, 0.3) is 11.0 Å². The van der Waals surface area contributed by atoms with Gasteiger partial charge in [0.1, 0.15) is 24.3 Å². The van der Waals surface area contributed by atoms with E-state index in [0.29, 0.717) is 19.5 Å². The molecule has 6 heteroatoms. The molecule has 1 N–H and O–H groups in total. The number of hydrogen-bond donors (Lipinski definition) is 1. The smallest absolute Gasteiger partial charge is 0.227 e. The first kappa shape index (κ1) is 22.2. The minimum absolute atomic E-state index is 0.0499. The number of anilines is 1. The number of rotatable bonds is 7. The summed E-state index contributed by atoms with van der Waals surface area (Å²) >= 11 is 0. The molecule has 1 fully saturated rings. The quantitative estimate of drug-likeness (QED) is 0.442. The van der Waals surface area contributed by atoms with Crippen LogP contribution in [0.3, 0.4) is 0 Å². The molecule has 0 bridgehead atoms. The van der Waals surface area contributed by atoms with Crippen molar-refractivity contribution in [2.45, 2.75) is 38.8 Å². The number of aliphatic hydroxyl groups is 1. The third-order valence-corrected chi connectivity index (χ3v) is 6.35. The number of para-hydroxylation sites is 2. The molecule has 1 aliphatic rings. The van der Waals surface area contributed by atoms with E-state index in [1.54, 1.807) is 0 Å². The van der Waals surface area contributed by atoms with Crippen molar-refractivity contribution in [1.82, 2.24) is 9.55 Å². The summed E-state index contributed by atoms with van der Waals surface area (Å²) in [5, 5.41) is 10.8. The highest BCUT2D eigenvalue weighted by molar-refractivity contribution is 5.96. The van der Waals surface area contributed by atoms with Gasteiger partial charge in [-0.3, -0.25) is 4.79 Å². The number of aliphatic hydroxyl groups excluding tert-OH is 1. The molecule has 0 saturated carbocycles. The van der Waals surface area contributed by atoms with E-state index in [1.165, 1.54) is 0 Å². The molecular weight excluding hydrogens is 426 g/mol. The van der Waals surface area contributed by atoms with E-state index in [0.717, 1.165) is 39.4 Å². The van der Waals surface area contributed by atoms with Crippen LogP contribution in [-0.4, -0.2) is 39.8 Å². The van der Waals surface area contributed by atoms with E-state index in [4.69, 9.17) is 9.72 Å². The van der Waals surface area contributed by atoms with Crippen LogP contribution in [-0.2, 0) is 11.3 Å². The fourth-order valence-corrected chi connectivity index (χ4v) is 4.61. The number of nitrogens with zero attached hydrogens (tertiary/aromatic N) is 3. The molecule has 4 aromatic rings. The number of fused-ring (bicyclic) bond motifs is 1. The van der Waals surface area contributed by atoms with Crippen LogP contribution in [0.4, 0.5) is 5.69 Å². The zero-order chi connectivity index (χ0) is 23.7. The summed E-state index contributed by atoms with van der Waals surface area (Å²) in [6, 6.07) is 23.7. The first-order chi connectivity index (χ1) is 16.5. The standard InChI is InChI=1S/C28H29N3O3/c1-19-10-12-22(13-11-19)30-16-21(15-27(30)33)28-29-25-8-3-4-9-26(25)31(28)17-23(32)18-34-24-7-5-6-20(2)14-24/h3-14,21,23,32H,15-18H2,1-2H3. The van der Waals surface area contributed by atoms with Crippen molar-refractivity contribution >= 4 is 22.6 Å². The maximum atomic E-state index is 12.9. The van der Waals surface area contributed by atoms with Crippen molar-refractivity contribution in [3.8, 4) is 5.75 Å².